The SMILES string of the molecule is CC(F)(F)CC1CCC(c2ccc(OCF)cc2)CC1. The van der Waals surface area contributed by atoms with Gasteiger partial charge >= 0.3 is 0 Å². The first-order chi connectivity index (χ1) is 9.48. The zero-order chi connectivity index (χ0) is 14.6. The van der Waals surface area contributed by atoms with Crippen LogP contribution in [-0.4, -0.2) is 12.8 Å². The summed E-state index contributed by atoms with van der Waals surface area (Å²) in [6.45, 7) is 0.179. The third-order valence-electron chi connectivity index (χ3n) is 4.07. The van der Waals surface area contributed by atoms with Gasteiger partial charge in [0.1, 0.15) is 5.75 Å². The van der Waals surface area contributed by atoms with Gasteiger partial charge in [0.25, 0.3) is 0 Å². The Morgan fingerprint density at radius 1 is 1.10 bits per heavy atom. The van der Waals surface area contributed by atoms with Crippen LogP contribution in [0.15, 0.2) is 24.3 Å². The van der Waals surface area contributed by atoms with Gasteiger partial charge in [0.05, 0.1) is 0 Å². The maximum atomic E-state index is 13.0. The summed E-state index contributed by atoms with van der Waals surface area (Å²) in [5, 5.41) is 0. The third kappa shape index (κ3) is 4.43. The highest BCUT2D eigenvalue weighted by Crippen LogP contribution is 2.40. The highest BCUT2D eigenvalue weighted by atomic mass is 19.3. The van der Waals surface area contributed by atoms with Gasteiger partial charge in [0, 0.05) is 6.42 Å². The van der Waals surface area contributed by atoms with Crippen molar-refractivity contribution in [1.82, 2.24) is 0 Å². The number of hydrogen-bond acceptors (Lipinski definition) is 1. The molecule has 0 bridgehead atoms. The number of halogens is 3. The third-order valence-corrected chi connectivity index (χ3v) is 4.07. The zero-order valence-corrected chi connectivity index (χ0v) is 11.7. The van der Waals surface area contributed by atoms with Gasteiger partial charge in [-0.15, -0.1) is 0 Å². The number of hydrogen-bond donors (Lipinski definition) is 0. The van der Waals surface area contributed by atoms with Crippen molar-refractivity contribution in [2.24, 2.45) is 5.92 Å². The smallest absolute Gasteiger partial charge is 0.245 e. The van der Waals surface area contributed by atoms with E-state index >= 15 is 0 Å². The lowest BCUT2D eigenvalue weighted by Crippen LogP contribution is -2.21. The summed E-state index contributed by atoms with van der Waals surface area (Å²) in [4.78, 5) is 0. The van der Waals surface area contributed by atoms with Crippen molar-refractivity contribution < 1.29 is 17.9 Å². The van der Waals surface area contributed by atoms with E-state index in [9.17, 15) is 13.2 Å². The van der Waals surface area contributed by atoms with Crippen LogP contribution in [0, 0.1) is 5.92 Å². The first kappa shape index (κ1) is 15.2. The summed E-state index contributed by atoms with van der Waals surface area (Å²) in [7, 11) is 0. The van der Waals surface area contributed by atoms with Gasteiger partial charge in [-0.3, -0.25) is 0 Å². The van der Waals surface area contributed by atoms with E-state index in [1.165, 1.54) is 5.56 Å². The zero-order valence-electron chi connectivity index (χ0n) is 11.7. The molecule has 4 heteroatoms. The predicted octanol–water partition coefficient (Wildman–Crippen LogP) is 5.31. The molecule has 0 N–H and O–H groups in total. The van der Waals surface area contributed by atoms with Gasteiger partial charge in [0.2, 0.25) is 12.8 Å². The number of rotatable bonds is 5. The largest absolute Gasteiger partial charge is 0.463 e. The van der Waals surface area contributed by atoms with Crippen LogP contribution in [0.1, 0.15) is 50.5 Å². The molecule has 0 aromatic heterocycles. The molecular formula is C16H21F3O. The minimum atomic E-state index is -2.55. The minimum absolute atomic E-state index is 0.00297. The molecule has 1 saturated carbocycles. The Bertz CT molecular complexity index is 403. The Hall–Kier alpha value is -1.19. The molecule has 1 aromatic carbocycles. The van der Waals surface area contributed by atoms with Crippen molar-refractivity contribution in [1.29, 1.82) is 0 Å². The Balaban J connectivity index is 1.87. The minimum Gasteiger partial charge on any atom is -0.463 e. The number of alkyl halides is 3. The van der Waals surface area contributed by atoms with Crippen molar-refractivity contribution in [2.75, 3.05) is 6.86 Å². The van der Waals surface area contributed by atoms with Crippen LogP contribution < -0.4 is 4.74 Å². The molecule has 0 atom stereocenters. The monoisotopic (exact) mass is 286 g/mol. The predicted molar refractivity (Wildman–Crippen MR) is 73.0 cm³/mol. The second-order valence-electron chi connectivity index (χ2n) is 5.81. The molecule has 1 aliphatic carbocycles. The highest BCUT2D eigenvalue weighted by Gasteiger charge is 2.30. The van der Waals surface area contributed by atoms with Gasteiger partial charge in [-0.2, -0.15) is 0 Å². The average molecular weight is 286 g/mol. The van der Waals surface area contributed by atoms with Gasteiger partial charge in [-0.1, -0.05) is 12.1 Å². The molecule has 20 heavy (non-hydrogen) atoms. The molecule has 0 radical (unpaired) electrons. The Morgan fingerprint density at radius 2 is 1.70 bits per heavy atom. The fourth-order valence-corrected chi connectivity index (χ4v) is 3.11. The second kappa shape index (κ2) is 6.51. The molecule has 1 fully saturated rings. The van der Waals surface area contributed by atoms with Gasteiger partial charge < -0.3 is 4.74 Å². The number of benzene rings is 1. The molecule has 1 nitrogen and oxygen atoms in total. The Kier molecular flexibility index (Phi) is 4.95. The van der Waals surface area contributed by atoms with E-state index in [1.807, 2.05) is 12.1 Å². The molecule has 0 saturated heterocycles. The summed E-state index contributed by atoms with van der Waals surface area (Å²) < 4.78 is 42.8. The topological polar surface area (TPSA) is 9.23 Å². The quantitative estimate of drug-likeness (QED) is 0.712. The normalized spacial score (nSPS) is 23.6. The van der Waals surface area contributed by atoms with Gasteiger partial charge in [-0.05, 0) is 62.1 Å². The van der Waals surface area contributed by atoms with Crippen molar-refractivity contribution in [3.8, 4) is 5.75 Å². The van der Waals surface area contributed by atoms with E-state index in [-0.39, 0.29) is 12.3 Å². The number of ether oxygens (including phenoxy) is 1. The fraction of sp³-hybridized carbons (Fsp3) is 0.625. The molecule has 1 aliphatic rings. The molecular weight excluding hydrogens is 265 g/mol. The van der Waals surface area contributed by atoms with Crippen LogP contribution in [0.4, 0.5) is 13.2 Å². The lowest BCUT2D eigenvalue weighted by atomic mass is 9.77. The van der Waals surface area contributed by atoms with Crippen molar-refractivity contribution >= 4 is 0 Å². The summed E-state index contributed by atoms with van der Waals surface area (Å²) in [6, 6.07) is 7.43. The van der Waals surface area contributed by atoms with Crippen molar-refractivity contribution in [2.45, 2.75) is 50.9 Å². The van der Waals surface area contributed by atoms with Crippen LogP contribution in [-0.2, 0) is 0 Å². The van der Waals surface area contributed by atoms with E-state index in [0.717, 1.165) is 32.6 Å². The Morgan fingerprint density at radius 3 is 2.20 bits per heavy atom. The summed E-state index contributed by atoms with van der Waals surface area (Å²) >= 11 is 0. The molecule has 0 amide bonds. The molecule has 2 rings (SSSR count). The van der Waals surface area contributed by atoms with Crippen LogP contribution in [0.2, 0.25) is 0 Å². The van der Waals surface area contributed by atoms with E-state index in [4.69, 9.17) is 4.74 Å². The molecule has 112 valence electrons. The van der Waals surface area contributed by atoms with Gasteiger partial charge in [0.15, 0.2) is 0 Å². The lowest BCUT2D eigenvalue weighted by Gasteiger charge is -2.30. The summed E-state index contributed by atoms with van der Waals surface area (Å²) in [5.41, 5.74) is 1.19. The first-order valence-corrected chi connectivity index (χ1v) is 7.14. The van der Waals surface area contributed by atoms with Crippen molar-refractivity contribution in [3.05, 3.63) is 29.8 Å². The standard InChI is InChI=1S/C16H21F3O/c1-16(18,19)10-12-2-4-13(5-3-12)14-6-8-15(9-7-14)20-11-17/h6-9,12-13H,2-5,10-11H2,1H3. The maximum Gasteiger partial charge on any atom is 0.245 e. The van der Waals surface area contributed by atoms with Crippen LogP contribution in [0.3, 0.4) is 0 Å². The van der Waals surface area contributed by atoms with Crippen molar-refractivity contribution in [3.63, 3.8) is 0 Å². The maximum absolute atomic E-state index is 13.0. The van der Waals surface area contributed by atoms with E-state index in [1.54, 1.807) is 12.1 Å². The fourth-order valence-electron chi connectivity index (χ4n) is 3.11. The molecule has 0 spiro atoms. The average Bonchev–Trinajstić information content (AvgIpc) is 2.39. The van der Waals surface area contributed by atoms with E-state index < -0.39 is 12.8 Å². The molecule has 0 unspecified atom stereocenters. The summed E-state index contributed by atoms with van der Waals surface area (Å²) in [5.74, 6) is -1.46. The lowest BCUT2D eigenvalue weighted by molar-refractivity contribution is -0.00932. The molecule has 1 aromatic rings. The van der Waals surface area contributed by atoms with E-state index in [0.29, 0.717) is 11.7 Å². The Labute approximate surface area is 118 Å². The highest BCUT2D eigenvalue weighted by molar-refractivity contribution is 5.29. The van der Waals surface area contributed by atoms with Crippen LogP contribution in [0.5, 0.6) is 5.75 Å². The van der Waals surface area contributed by atoms with Gasteiger partial charge in [-0.25, -0.2) is 13.2 Å². The summed E-state index contributed by atoms with van der Waals surface area (Å²) in [6.07, 6.45) is 3.62. The first-order valence-electron chi connectivity index (χ1n) is 7.14. The van der Waals surface area contributed by atoms with Crippen LogP contribution >= 0.6 is 0 Å². The molecule has 0 heterocycles. The molecule has 0 aliphatic heterocycles. The van der Waals surface area contributed by atoms with E-state index in [2.05, 4.69) is 0 Å². The van der Waals surface area contributed by atoms with Crippen LogP contribution in [0.25, 0.3) is 0 Å². The second-order valence-corrected chi connectivity index (χ2v) is 5.81.